The molecule has 0 fully saturated rings. The van der Waals surface area contributed by atoms with E-state index < -0.39 is 8.07 Å². The van der Waals surface area contributed by atoms with Crippen molar-refractivity contribution < 1.29 is 0 Å². The molecule has 3 aromatic carbocycles. The van der Waals surface area contributed by atoms with Crippen LogP contribution in [0, 0.1) is 0 Å². The first kappa shape index (κ1) is 26.8. The van der Waals surface area contributed by atoms with Gasteiger partial charge in [-0.05, 0) is 66.0 Å². The van der Waals surface area contributed by atoms with Crippen LogP contribution in [0.5, 0.6) is 0 Å². The molecule has 0 saturated carbocycles. The largest absolute Gasteiger partial charge is 0.255 e. The SMILES string of the molecule is CC(C)(C)c1cc(-c2nccc3cc([Si](c4ccccc4)(C(C)(C)C)C(C)(C)C)sc23)cc2ccccc12. The first-order chi connectivity index (χ1) is 17.7. The minimum Gasteiger partial charge on any atom is -0.255 e. The fourth-order valence-corrected chi connectivity index (χ4v) is 17.8. The van der Waals surface area contributed by atoms with Crippen molar-refractivity contribution in [3.05, 3.63) is 90.6 Å². The normalized spacial score (nSPS) is 13.4. The Morgan fingerprint density at radius 2 is 1.29 bits per heavy atom. The van der Waals surface area contributed by atoms with Gasteiger partial charge in [-0.2, -0.15) is 0 Å². The maximum atomic E-state index is 5.03. The Hall–Kier alpha value is -2.75. The third-order valence-corrected chi connectivity index (χ3v) is 17.0. The Bertz CT molecular complexity index is 1590. The number of nitrogens with zero attached hydrogens (tertiary/aromatic N) is 1. The lowest BCUT2D eigenvalue weighted by Crippen LogP contribution is -2.68. The van der Waals surface area contributed by atoms with E-state index in [2.05, 4.69) is 141 Å². The zero-order valence-corrected chi connectivity index (χ0v) is 26.3. The molecular formula is C35H41NSSi. The van der Waals surface area contributed by atoms with Gasteiger partial charge in [0.25, 0.3) is 0 Å². The van der Waals surface area contributed by atoms with E-state index in [4.69, 9.17) is 4.98 Å². The number of aromatic nitrogens is 1. The summed E-state index contributed by atoms with van der Waals surface area (Å²) in [6, 6.07) is 29.6. The van der Waals surface area contributed by atoms with Gasteiger partial charge < -0.3 is 0 Å². The molecule has 0 bridgehead atoms. The first-order valence-electron chi connectivity index (χ1n) is 13.7. The van der Waals surface area contributed by atoms with Crippen molar-refractivity contribution in [2.24, 2.45) is 0 Å². The monoisotopic (exact) mass is 535 g/mol. The summed E-state index contributed by atoms with van der Waals surface area (Å²) in [5.41, 5.74) is 3.73. The lowest BCUT2D eigenvalue weighted by Gasteiger charge is -2.51. The van der Waals surface area contributed by atoms with E-state index in [1.807, 2.05) is 17.5 Å². The molecule has 0 unspecified atom stereocenters. The molecule has 2 heterocycles. The van der Waals surface area contributed by atoms with Gasteiger partial charge in [-0.25, -0.2) is 0 Å². The Morgan fingerprint density at radius 3 is 1.92 bits per heavy atom. The van der Waals surface area contributed by atoms with Crippen LogP contribution in [0.4, 0.5) is 0 Å². The molecule has 0 atom stereocenters. The van der Waals surface area contributed by atoms with Gasteiger partial charge in [0.05, 0.1) is 10.4 Å². The summed E-state index contributed by atoms with van der Waals surface area (Å²) in [6.45, 7) is 21.7. The average molecular weight is 536 g/mol. The molecule has 3 heteroatoms. The van der Waals surface area contributed by atoms with Gasteiger partial charge in [0, 0.05) is 11.8 Å². The van der Waals surface area contributed by atoms with Gasteiger partial charge in [0.2, 0.25) is 0 Å². The van der Waals surface area contributed by atoms with Crippen LogP contribution in [0.3, 0.4) is 0 Å². The molecule has 0 aliphatic heterocycles. The highest BCUT2D eigenvalue weighted by Crippen LogP contribution is 2.52. The van der Waals surface area contributed by atoms with E-state index in [1.165, 1.54) is 37.2 Å². The fraction of sp³-hybridized carbons (Fsp3) is 0.343. The second-order valence-electron chi connectivity index (χ2n) is 13.8. The number of benzene rings is 3. The molecule has 0 N–H and O–H groups in total. The highest BCUT2D eigenvalue weighted by Gasteiger charge is 2.56. The van der Waals surface area contributed by atoms with Gasteiger partial charge in [0.1, 0.15) is 8.07 Å². The van der Waals surface area contributed by atoms with Crippen molar-refractivity contribution in [3.63, 3.8) is 0 Å². The lowest BCUT2D eigenvalue weighted by atomic mass is 9.82. The van der Waals surface area contributed by atoms with E-state index in [0.29, 0.717) is 0 Å². The second-order valence-corrected chi connectivity index (χ2v) is 20.8. The van der Waals surface area contributed by atoms with Crippen LogP contribution in [-0.2, 0) is 5.41 Å². The van der Waals surface area contributed by atoms with Crippen molar-refractivity contribution in [1.29, 1.82) is 0 Å². The molecule has 38 heavy (non-hydrogen) atoms. The summed E-state index contributed by atoms with van der Waals surface area (Å²) in [7, 11) is -2.25. The van der Waals surface area contributed by atoms with Crippen LogP contribution in [0.25, 0.3) is 32.1 Å². The van der Waals surface area contributed by atoms with Gasteiger partial charge in [-0.15, -0.1) is 11.3 Å². The minimum atomic E-state index is -2.25. The highest BCUT2D eigenvalue weighted by molar-refractivity contribution is 7.35. The van der Waals surface area contributed by atoms with Gasteiger partial charge in [-0.1, -0.05) is 122 Å². The Labute approximate surface area is 234 Å². The van der Waals surface area contributed by atoms with E-state index in [0.717, 1.165) is 5.69 Å². The van der Waals surface area contributed by atoms with Crippen molar-refractivity contribution in [3.8, 4) is 11.3 Å². The van der Waals surface area contributed by atoms with Crippen LogP contribution < -0.4 is 9.69 Å². The molecule has 1 nitrogen and oxygen atoms in total. The predicted octanol–water partition coefficient (Wildman–Crippen LogP) is 9.58. The molecule has 0 radical (unpaired) electrons. The minimum absolute atomic E-state index is 0.0396. The summed E-state index contributed by atoms with van der Waals surface area (Å²) in [5.74, 6) is 0. The van der Waals surface area contributed by atoms with Crippen LogP contribution in [0.15, 0.2) is 85.1 Å². The van der Waals surface area contributed by atoms with E-state index >= 15 is 0 Å². The molecule has 5 rings (SSSR count). The van der Waals surface area contributed by atoms with Crippen molar-refractivity contribution >= 4 is 50.0 Å². The van der Waals surface area contributed by atoms with Crippen LogP contribution in [0.2, 0.25) is 10.1 Å². The van der Waals surface area contributed by atoms with Crippen LogP contribution in [0.1, 0.15) is 67.9 Å². The van der Waals surface area contributed by atoms with Gasteiger partial charge in [-0.3, -0.25) is 4.98 Å². The first-order valence-corrected chi connectivity index (χ1v) is 16.5. The number of thiophene rings is 1. The van der Waals surface area contributed by atoms with Crippen molar-refractivity contribution in [2.75, 3.05) is 0 Å². The quantitative estimate of drug-likeness (QED) is 0.210. The molecule has 0 spiro atoms. The topological polar surface area (TPSA) is 12.9 Å². The lowest BCUT2D eigenvalue weighted by molar-refractivity contribution is 0.596. The van der Waals surface area contributed by atoms with E-state index in [9.17, 15) is 0 Å². The molecule has 0 amide bonds. The van der Waals surface area contributed by atoms with Crippen molar-refractivity contribution in [2.45, 2.75) is 77.8 Å². The highest BCUT2D eigenvalue weighted by atomic mass is 32.1. The predicted molar refractivity (Wildman–Crippen MR) is 172 cm³/mol. The zero-order chi connectivity index (χ0) is 27.5. The standard InChI is InChI=1S/C35H41NSSi/c1-33(2,3)29-22-26(21-24-15-13-14-18-28(24)29)31-32-25(19-20-36-31)23-30(37-32)38(34(4,5)6,35(7,8)9)27-16-11-10-12-17-27/h10-23H,1-9H3. The number of hydrogen-bond donors (Lipinski definition) is 0. The molecule has 0 aliphatic rings. The Balaban J connectivity index is 1.82. The summed E-state index contributed by atoms with van der Waals surface area (Å²) < 4.78 is 2.85. The summed E-state index contributed by atoms with van der Waals surface area (Å²) >= 11 is 1.99. The van der Waals surface area contributed by atoms with Crippen LogP contribution >= 0.6 is 11.3 Å². The Morgan fingerprint density at radius 1 is 0.658 bits per heavy atom. The second kappa shape index (κ2) is 9.17. The van der Waals surface area contributed by atoms with Crippen molar-refractivity contribution in [1.82, 2.24) is 4.98 Å². The number of fused-ring (bicyclic) bond motifs is 2. The molecule has 5 aromatic rings. The smallest absolute Gasteiger partial charge is 0.141 e. The van der Waals surface area contributed by atoms with Gasteiger partial charge in [0.15, 0.2) is 0 Å². The van der Waals surface area contributed by atoms with Crippen LogP contribution in [-0.4, -0.2) is 13.1 Å². The van der Waals surface area contributed by atoms with E-state index in [1.54, 1.807) is 4.50 Å². The number of rotatable bonds is 3. The summed E-state index contributed by atoms with van der Waals surface area (Å²) in [5, 5.41) is 5.69. The maximum Gasteiger partial charge on any atom is 0.141 e. The molecule has 2 aromatic heterocycles. The third kappa shape index (κ3) is 4.24. The average Bonchev–Trinajstić information content (AvgIpc) is 3.26. The fourth-order valence-electron chi connectivity index (χ4n) is 6.98. The van der Waals surface area contributed by atoms with E-state index in [-0.39, 0.29) is 15.5 Å². The third-order valence-electron chi connectivity index (χ3n) is 8.20. The number of hydrogen-bond acceptors (Lipinski definition) is 2. The summed E-state index contributed by atoms with van der Waals surface area (Å²) in [4.78, 5) is 5.03. The summed E-state index contributed by atoms with van der Waals surface area (Å²) in [6.07, 6.45) is 2.00. The number of pyridine rings is 1. The van der Waals surface area contributed by atoms with Gasteiger partial charge >= 0.3 is 0 Å². The Kier molecular flexibility index (Phi) is 6.48. The maximum absolute atomic E-state index is 5.03. The molecule has 196 valence electrons. The molecular weight excluding hydrogens is 495 g/mol. The molecule has 0 aliphatic carbocycles. The molecule has 0 saturated heterocycles. The zero-order valence-electron chi connectivity index (χ0n) is 24.4.